The number of hydrogen-bond acceptors (Lipinski definition) is 3. The van der Waals surface area contributed by atoms with Crippen molar-refractivity contribution in [1.82, 2.24) is 0 Å². The standard InChI is InChI=1S/C11H8F4N2O2/c1-10(9(18)19,11(13,14)15)17-8-4-2-3-7(12)6(8)5-16/h2-4,17H,1H3,(H,18,19). The van der Waals surface area contributed by atoms with Gasteiger partial charge < -0.3 is 10.4 Å². The number of carbonyl (C=O) groups is 1. The number of hydrogen-bond donors (Lipinski definition) is 2. The van der Waals surface area contributed by atoms with Gasteiger partial charge in [0.1, 0.15) is 17.4 Å². The molecule has 0 fully saturated rings. The summed E-state index contributed by atoms with van der Waals surface area (Å²) in [5.74, 6) is -3.23. The average Bonchev–Trinajstić information content (AvgIpc) is 2.27. The zero-order chi connectivity index (χ0) is 14.8. The van der Waals surface area contributed by atoms with E-state index in [9.17, 15) is 22.4 Å². The van der Waals surface area contributed by atoms with Gasteiger partial charge in [-0.2, -0.15) is 18.4 Å². The summed E-state index contributed by atoms with van der Waals surface area (Å²) in [4.78, 5) is 10.8. The van der Waals surface area contributed by atoms with Gasteiger partial charge in [-0.3, -0.25) is 0 Å². The van der Waals surface area contributed by atoms with Crippen molar-refractivity contribution >= 4 is 11.7 Å². The Balaban J connectivity index is 3.31. The molecule has 0 bridgehead atoms. The number of alkyl halides is 3. The van der Waals surface area contributed by atoms with Crippen LogP contribution in [0.4, 0.5) is 23.2 Å². The maximum absolute atomic E-state index is 13.2. The third-order valence-electron chi connectivity index (χ3n) is 2.50. The molecule has 4 nitrogen and oxygen atoms in total. The van der Waals surface area contributed by atoms with E-state index >= 15 is 0 Å². The van der Waals surface area contributed by atoms with Crippen molar-refractivity contribution < 1.29 is 27.5 Å². The molecule has 2 N–H and O–H groups in total. The molecule has 0 radical (unpaired) electrons. The second kappa shape index (κ2) is 4.76. The summed E-state index contributed by atoms with van der Waals surface area (Å²) in [5, 5.41) is 19.1. The van der Waals surface area contributed by atoms with Crippen molar-refractivity contribution in [3.63, 3.8) is 0 Å². The second-order valence-electron chi connectivity index (χ2n) is 3.83. The molecule has 1 atom stereocenters. The van der Waals surface area contributed by atoms with E-state index in [0.717, 1.165) is 18.2 Å². The Morgan fingerprint density at radius 1 is 1.42 bits per heavy atom. The van der Waals surface area contributed by atoms with E-state index in [1.807, 2.05) is 0 Å². The molecule has 0 amide bonds. The summed E-state index contributed by atoms with van der Waals surface area (Å²) in [6.45, 7) is 0.390. The van der Waals surface area contributed by atoms with E-state index in [2.05, 4.69) is 0 Å². The number of nitrogens with zero attached hydrogens (tertiary/aromatic N) is 1. The Bertz CT molecular complexity index is 551. The van der Waals surface area contributed by atoms with Gasteiger partial charge in [-0.15, -0.1) is 0 Å². The third-order valence-corrected chi connectivity index (χ3v) is 2.50. The van der Waals surface area contributed by atoms with Crippen molar-refractivity contribution in [3.05, 3.63) is 29.6 Å². The van der Waals surface area contributed by atoms with Crippen molar-refractivity contribution in [2.75, 3.05) is 5.32 Å². The van der Waals surface area contributed by atoms with Gasteiger partial charge in [-0.25, -0.2) is 9.18 Å². The number of aliphatic carboxylic acids is 1. The summed E-state index contributed by atoms with van der Waals surface area (Å²) in [5.41, 5.74) is -4.55. The molecule has 8 heteroatoms. The molecule has 102 valence electrons. The largest absolute Gasteiger partial charge is 0.479 e. The molecule has 1 rings (SSSR count). The topological polar surface area (TPSA) is 73.1 Å². The van der Waals surface area contributed by atoms with Crippen LogP contribution >= 0.6 is 0 Å². The summed E-state index contributed by atoms with van der Waals surface area (Å²) in [7, 11) is 0. The molecular formula is C11H8F4N2O2. The van der Waals surface area contributed by atoms with Crippen LogP contribution in [0, 0.1) is 17.1 Å². The Morgan fingerprint density at radius 3 is 2.42 bits per heavy atom. The van der Waals surface area contributed by atoms with Crippen LogP contribution in [0.5, 0.6) is 0 Å². The molecule has 1 aromatic carbocycles. The van der Waals surface area contributed by atoms with Gasteiger partial charge in [-0.1, -0.05) is 6.07 Å². The molecule has 1 aromatic rings. The first-order valence-electron chi connectivity index (χ1n) is 4.90. The molecule has 0 saturated carbocycles. The second-order valence-corrected chi connectivity index (χ2v) is 3.83. The highest BCUT2D eigenvalue weighted by molar-refractivity contribution is 5.84. The van der Waals surface area contributed by atoms with E-state index < -0.39 is 34.8 Å². The van der Waals surface area contributed by atoms with Gasteiger partial charge in [0, 0.05) is 0 Å². The molecule has 0 aliphatic carbocycles. The lowest BCUT2D eigenvalue weighted by Crippen LogP contribution is -2.55. The molecule has 0 saturated heterocycles. The van der Waals surface area contributed by atoms with Crippen LogP contribution in [0.25, 0.3) is 0 Å². The highest BCUT2D eigenvalue weighted by Gasteiger charge is 2.57. The first kappa shape index (κ1) is 14.8. The lowest BCUT2D eigenvalue weighted by Gasteiger charge is -2.29. The molecule has 0 aliphatic rings. The molecule has 0 aromatic heterocycles. The summed E-state index contributed by atoms with van der Waals surface area (Å²) in [6.07, 6.45) is -5.13. The van der Waals surface area contributed by atoms with Crippen molar-refractivity contribution in [2.45, 2.75) is 18.6 Å². The van der Waals surface area contributed by atoms with E-state index in [1.54, 1.807) is 5.32 Å². The molecule has 0 heterocycles. The number of nitrogens with one attached hydrogen (secondary N) is 1. The number of benzene rings is 1. The molecule has 19 heavy (non-hydrogen) atoms. The predicted molar refractivity (Wildman–Crippen MR) is 56.8 cm³/mol. The Labute approximate surface area is 105 Å². The average molecular weight is 276 g/mol. The normalized spacial score (nSPS) is 14.3. The highest BCUT2D eigenvalue weighted by atomic mass is 19.4. The minimum atomic E-state index is -5.13. The predicted octanol–water partition coefficient (Wildman–Crippen LogP) is 2.51. The maximum atomic E-state index is 13.2. The molecular weight excluding hydrogens is 268 g/mol. The number of carboxylic acids is 1. The maximum Gasteiger partial charge on any atom is 0.422 e. The van der Waals surface area contributed by atoms with Crippen LogP contribution in [0.15, 0.2) is 18.2 Å². The summed E-state index contributed by atoms with van der Waals surface area (Å²) >= 11 is 0. The Kier molecular flexibility index (Phi) is 3.70. The fourth-order valence-corrected chi connectivity index (χ4v) is 1.26. The summed E-state index contributed by atoms with van der Waals surface area (Å²) in [6, 6.07) is 4.32. The van der Waals surface area contributed by atoms with Gasteiger partial charge in [0.2, 0.25) is 5.54 Å². The van der Waals surface area contributed by atoms with Crippen molar-refractivity contribution in [1.29, 1.82) is 5.26 Å². The van der Waals surface area contributed by atoms with Crippen molar-refractivity contribution in [3.8, 4) is 6.07 Å². The van der Waals surface area contributed by atoms with Gasteiger partial charge in [0.15, 0.2) is 0 Å². The van der Waals surface area contributed by atoms with E-state index in [-0.39, 0.29) is 0 Å². The number of nitriles is 1. The van der Waals surface area contributed by atoms with E-state index in [4.69, 9.17) is 10.4 Å². The van der Waals surface area contributed by atoms with E-state index in [0.29, 0.717) is 6.92 Å². The fraction of sp³-hybridized carbons (Fsp3) is 0.273. The van der Waals surface area contributed by atoms with Crippen LogP contribution in [-0.2, 0) is 4.79 Å². The van der Waals surface area contributed by atoms with Gasteiger partial charge >= 0.3 is 12.1 Å². The van der Waals surface area contributed by atoms with E-state index in [1.165, 1.54) is 6.07 Å². The summed E-state index contributed by atoms with van der Waals surface area (Å²) < 4.78 is 51.5. The third kappa shape index (κ3) is 2.59. The minimum Gasteiger partial charge on any atom is -0.479 e. The lowest BCUT2D eigenvalue weighted by atomic mass is 10.0. The van der Waals surface area contributed by atoms with Gasteiger partial charge in [0.05, 0.1) is 5.69 Å². The van der Waals surface area contributed by atoms with Gasteiger partial charge in [-0.05, 0) is 19.1 Å². The molecule has 0 spiro atoms. The van der Waals surface area contributed by atoms with Crippen LogP contribution in [0.3, 0.4) is 0 Å². The quantitative estimate of drug-likeness (QED) is 0.832. The highest BCUT2D eigenvalue weighted by Crippen LogP contribution is 2.34. The lowest BCUT2D eigenvalue weighted by molar-refractivity contribution is -0.192. The first-order chi connectivity index (χ1) is 8.63. The van der Waals surface area contributed by atoms with Crippen LogP contribution in [0.2, 0.25) is 0 Å². The smallest absolute Gasteiger partial charge is 0.422 e. The zero-order valence-electron chi connectivity index (χ0n) is 9.55. The monoisotopic (exact) mass is 276 g/mol. The van der Waals surface area contributed by atoms with Crippen molar-refractivity contribution in [2.24, 2.45) is 0 Å². The molecule has 0 aliphatic heterocycles. The molecule has 1 unspecified atom stereocenters. The van der Waals surface area contributed by atoms with Gasteiger partial charge in [0.25, 0.3) is 0 Å². The zero-order valence-corrected chi connectivity index (χ0v) is 9.55. The van der Waals surface area contributed by atoms with Crippen LogP contribution < -0.4 is 5.32 Å². The Morgan fingerprint density at radius 2 is 2.00 bits per heavy atom. The van der Waals surface area contributed by atoms with Crippen LogP contribution in [0.1, 0.15) is 12.5 Å². The number of anilines is 1. The number of halogens is 4. The SMILES string of the molecule is CC(Nc1cccc(F)c1C#N)(C(=O)O)C(F)(F)F. The fourth-order valence-electron chi connectivity index (χ4n) is 1.26. The first-order valence-corrected chi connectivity index (χ1v) is 4.90. The minimum absolute atomic E-state index is 0.390. The number of rotatable bonds is 3. The number of carboxylic acid groups (broad SMARTS) is 1. The Hall–Kier alpha value is -2.30. The van der Waals surface area contributed by atoms with Crippen LogP contribution in [-0.4, -0.2) is 22.8 Å².